The van der Waals surface area contributed by atoms with Gasteiger partial charge in [0.05, 0.1) is 11.2 Å². The first-order chi connectivity index (χ1) is 10.1. The molecule has 0 unspecified atom stereocenters. The first-order valence-corrected chi connectivity index (χ1v) is 6.88. The normalized spacial score (nSPS) is 10.6. The molecule has 104 valence electrons. The maximum Gasteiger partial charge on any atom is 0.295 e. The van der Waals surface area contributed by atoms with Gasteiger partial charge in [-0.2, -0.15) is 5.10 Å². The van der Waals surface area contributed by atoms with Crippen molar-refractivity contribution in [1.82, 2.24) is 15.0 Å². The van der Waals surface area contributed by atoms with E-state index in [1.807, 2.05) is 6.07 Å². The Balaban J connectivity index is 1.95. The highest BCUT2D eigenvalue weighted by molar-refractivity contribution is 6.36. The van der Waals surface area contributed by atoms with Crippen LogP contribution < -0.4 is 0 Å². The van der Waals surface area contributed by atoms with Crippen molar-refractivity contribution < 1.29 is 4.79 Å². The summed E-state index contributed by atoms with van der Waals surface area (Å²) in [4.78, 5) is 13.3. The van der Waals surface area contributed by atoms with Crippen LogP contribution in [0, 0.1) is 0 Å². The number of carbonyl (C=O) groups is 1. The number of halogens is 2. The molecule has 4 nitrogen and oxygen atoms in total. The molecule has 1 heterocycles. The molecular weight excluding hydrogens is 309 g/mol. The molecule has 3 aromatic rings. The zero-order chi connectivity index (χ0) is 14.8. The monoisotopic (exact) mass is 317 g/mol. The van der Waals surface area contributed by atoms with Crippen molar-refractivity contribution in [2.45, 2.75) is 0 Å². The van der Waals surface area contributed by atoms with E-state index in [0.29, 0.717) is 26.9 Å². The van der Waals surface area contributed by atoms with E-state index in [1.54, 1.807) is 42.5 Å². The zero-order valence-corrected chi connectivity index (χ0v) is 12.2. The smallest absolute Gasteiger partial charge is 0.265 e. The van der Waals surface area contributed by atoms with Crippen molar-refractivity contribution in [3.8, 4) is 11.3 Å². The Morgan fingerprint density at radius 1 is 1.05 bits per heavy atom. The van der Waals surface area contributed by atoms with Gasteiger partial charge in [0.25, 0.3) is 5.91 Å². The third-order valence-electron chi connectivity index (χ3n) is 2.90. The van der Waals surface area contributed by atoms with E-state index in [0.717, 1.165) is 4.80 Å². The second-order valence-electron chi connectivity index (χ2n) is 4.31. The number of rotatable bonds is 2. The summed E-state index contributed by atoms with van der Waals surface area (Å²) in [6.07, 6.45) is 1.50. The minimum Gasteiger partial charge on any atom is -0.265 e. The fourth-order valence-electron chi connectivity index (χ4n) is 1.88. The van der Waals surface area contributed by atoms with Crippen molar-refractivity contribution in [1.29, 1.82) is 0 Å². The number of hydrogen-bond donors (Lipinski definition) is 0. The predicted octanol–water partition coefficient (Wildman–Crippen LogP) is 3.94. The first kappa shape index (κ1) is 13.8. The van der Waals surface area contributed by atoms with Crippen LogP contribution in [-0.2, 0) is 0 Å². The third kappa shape index (κ3) is 2.82. The number of carbonyl (C=O) groups excluding carboxylic acids is 1. The van der Waals surface area contributed by atoms with Crippen LogP contribution in [0.5, 0.6) is 0 Å². The highest BCUT2D eigenvalue weighted by Crippen LogP contribution is 2.28. The predicted molar refractivity (Wildman–Crippen MR) is 81.6 cm³/mol. The molecule has 3 rings (SSSR count). The van der Waals surface area contributed by atoms with Crippen molar-refractivity contribution in [2.24, 2.45) is 0 Å². The summed E-state index contributed by atoms with van der Waals surface area (Å²) in [6, 6.07) is 13.9. The molecule has 0 bridgehead atoms. The highest BCUT2D eigenvalue weighted by Gasteiger charge is 2.13. The van der Waals surface area contributed by atoms with E-state index in [2.05, 4.69) is 10.2 Å². The fraction of sp³-hybridized carbons (Fsp3) is 0. The van der Waals surface area contributed by atoms with E-state index in [9.17, 15) is 4.79 Å². The van der Waals surface area contributed by atoms with Crippen molar-refractivity contribution in [3.63, 3.8) is 0 Å². The summed E-state index contributed by atoms with van der Waals surface area (Å²) in [5.74, 6) is -0.299. The van der Waals surface area contributed by atoms with Crippen LogP contribution in [0.2, 0.25) is 10.0 Å². The lowest BCUT2D eigenvalue weighted by Crippen LogP contribution is -2.15. The van der Waals surface area contributed by atoms with Gasteiger partial charge in [-0.3, -0.25) is 4.79 Å². The Morgan fingerprint density at radius 3 is 2.52 bits per heavy atom. The fourth-order valence-corrected chi connectivity index (χ4v) is 2.38. The quantitative estimate of drug-likeness (QED) is 0.719. The molecule has 0 saturated carbocycles. The van der Waals surface area contributed by atoms with Gasteiger partial charge in [-0.05, 0) is 30.3 Å². The standard InChI is InChI=1S/C15H9Cl2N3O/c16-11-6-7-12(13(17)8-11)14-9-18-20(19-14)15(21)10-4-2-1-3-5-10/h1-9H. The van der Waals surface area contributed by atoms with Gasteiger partial charge >= 0.3 is 0 Å². The number of nitrogens with zero attached hydrogens (tertiary/aromatic N) is 3. The van der Waals surface area contributed by atoms with Gasteiger partial charge in [-0.15, -0.1) is 9.90 Å². The summed E-state index contributed by atoms with van der Waals surface area (Å²) >= 11 is 12.0. The van der Waals surface area contributed by atoms with Gasteiger partial charge in [0.1, 0.15) is 5.69 Å². The molecule has 2 aromatic carbocycles. The van der Waals surface area contributed by atoms with Crippen molar-refractivity contribution in [3.05, 3.63) is 70.3 Å². The molecule has 0 aliphatic carbocycles. The van der Waals surface area contributed by atoms with Crippen molar-refractivity contribution >= 4 is 29.1 Å². The molecule has 0 N–H and O–H groups in total. The largest absolute Gasteiger partial charge is 0.295 e. The molecule has 0 aliphatic heterocycles. The van der Waals surface area contributed by atoms with Crippen LogP contribution in [0.25, 0.3) is 11.3 Å². The van der Waals surface area contributed by atoms with Crippen LogP contribution in [0.1, 0.15) is 10.4 Å². The lowest BCUT2D eigenvalue weighted by molar-refractivity contribution is 0.0927. The number of hydrogen-bond acceptors (Lipinski definition) is 3. The second kappa shape index (κ2) is 5.68. The summed E-state index contributed by atoms with van der Waals surface area (Å²) in [6.45, 7) is 0. The maximum absolute atomic E-state index is 12.2. The summed E-state index contributed by atoms with van der Waals surface area (Å²) in [5.41, 5.74) is 1.70. The molecule has 0 aliphatic rings. The zero-order valence-electron chi connectivity index (χ0n) is 10.7. The van der Waals surface area contributed by atoms with E-state index in [1.165, 1.54) is 6.20 Å². The topological polar surface area (TPSA) is 47.8 Å². The van der Waals surface area contributed by atoms with Crippen LogP contribution >= 0.6 is 23.2 Å². The number of aromatic nitrogens is 3. The van der Waals surface area contributed by atoms with Crippen LogP contribution in [0.4, 0.5) is 0 Å². The average molecular weight is 318 g/mol. The summed E-state index contributed by atoms with van der Waals surface area (Å²) < 4.78 is 0. The van der Waals surface area contributed by atoms with E-state index >= 15 is 0 Å². The van der Waals surface area contributed by atoms with Crippen molar-refractivity contribution in [2.75, 3.05) is 0 Å². The SMILES string of the molecule is O=C(c1ccccc1)n1ncc(-c2ccc(Cl)cc2Cl)n1. The van der Waals surface area contributed by atoms with Gasteiger partial charge in [-0.1, -0.05) is 41.4 Å². The van der Waals surface area contributed by atoms with Crippen LogP contribution in [0.15, 0.2) is 54.7 Å². The Hall–Kier alpha value is -2.17. The second-order valence-corrected chi connectivity index (χ2v) is 5.16. The summed E-state index contributed by atoms with van der Waals surface area (Å²) in [5, 5.41) is 9.17. The lowest BCUT2D eigenvalue weighted by Gasteiger charge is -2.00. The molecule has 0 radical (unpaired) electrons. The molecule has 0 saturated heterocycles. The van der Waals surface area contributed by atoms with Crippen LogP contribution in [0.3, 0.4) is 0 Å². The Bertz CT molecular complexity index is 800. The number of benzene rings is 2. The van der Waals surface area contributed by atoms with E-state index in [-0.39, 0.29) is 5.91 Å². The molecule has 1 aromatic heterocycles. The molecule has 0 atom stereocenters. The lowest BCUT2D eigenvalue weighted by atomic mass is 10.2. The Kier molecular flexibility index (Phi) is 3.73. The Morgan fingerprint density at radius 2 is 1.81 bits per heavy atom. The highest BCUT2D eigenvalue weighted by atomic mass is 35.5. The molecular formula is C15H9Cl2N3O. The minimum absolute atomic E-state index is 0.299. The third-order valence-corrected chi connectivity index (χ3v) is 3.45. The average Bonchev–Trinajstić information content (AvgIpc) is 2.97. The minimum atomic E-state index is -0.299. The first-order valence-electron chi connectivity index (χ1n) is 6.12. The molecule has 0 amide bonds. The van der Waals surface area contributed by atoms with Crippen LogP contribution in [-0.4, -0.2) is 20.9 Å². The molecule has 21 heavy (non-hydrogen) atoms. The molecule has 0 fully saturated rings. The summed E-state index contributed by atoms with van der Waals surface area (Å²) in [7, 11) is 0. The van der Waals surface area contributed by atoms with Gasteiger partial charge in [0, 0.05) is 16.1 Å². The molecule has 6 heteroatoms. The maximum atomic E-state index is 12.2. The van der Waals surface area contributed by atoms with Gasteiger partial charge in [0.15, 0.2) is 0 Å². The van der Waals surface area contributed by atoms with E-state index in [4.69, 9.17) is 23.2 Å². The van der Waals surface area contributed by atoms with Gasteiger partial charge in [0.2, 0.25) is 0 Å². The Labute approximate surface area is 130 Å². The van der Waals surface area contributed by atoms with Gasteiger partial charge < -0.3 is 0 Å². The van der Waals surface area contributed by atoms with E-state index < -0.39 is 0 Å². The van der Waals surface area contributed by atoms with Gasteiger partial charge in [-0.25, -0.2) is 0 Å². The molecule has 0 spiro atoms.